The van der Waals surface area contributed by atoms with Crippen LogP contribution in [0.2, 0.25) is 5.02 Å². The summed E-state index contributed by atoms with van der Waals surface area (Å²) in [4.78, 5) is 35.3. The minimum absolute atomic E-state index is 0.0800. The maximum absolute atomic E-state index is 12.1. The predicted molar refractivity (Wildman–Crippen MR) is 114 cm³/mol. The average molecular weight is 419 g/mol. The molecule has 0 fully saturated rings. The predicted octanol–water partition coefficient (Wildman–Crippen LogP) is 2.78. The van der Waals surface area contributed by atoms with Crippen LogP contribution in [-0.2, 0) is 14.4 Å². The molecule has 0 bridgehead atoms. The van der Waals surface area contributed by atoms with Crippen molar-refractivity contribution in [3.8, 4) is 5.75 Å². The van der Waals surface area contributed by atoms with E-state index < -0.39 is 0 Å². The van der Waals surface area contributed by atoms with Crippen LogP contribution in [0, 0.1) is 6.92 Å². The lowest BCUT2D eigenvalue weighted by atomic mass is 10.2. The summed E-state index contributed by atoms with van der Waals surface area (Å²) >= 11 is 6.03. The second kappa shape index (κ2) is 10.3. The van der Waals surface area contributed by atoms with Gasteiger partial charge in [0.15, 0.2) is 0 Å². The largest absolute Gasteiger partial charge is 0.495 e. The van der Waals surface area contributed by atoms with Crippen LogP contribution in [0.5, 0.6) is 5.75 Å². The molecule has 8 nitrogen and oxygen atoms in total. The summed E-state index contributed by atoms with van der Waals surface area (Å²) in [5.41, 5.74) is 2.45. The summed E-state index contributed by atoms with van der Waals surface area (Å²) in [6, 6.07) is 10.2. The number of amides is 3. The van der Waals surface area contributed by atoms with Crippen molar-refractivity contribution >= 4 is 46.4 Å². The van der Waals surface area contributed by atoms with Gasteiger partial charge in [-0.1, -0.05) is 17.7 Å². The number of benzene rings is 2. The van der Waals surface area contributed by atoms with E-state index in [0.29, 0.717) is 27.8 Å². The van der Waals surface area contributed by atoms with Crippen molar-refractivity contribution in [3.63, 3.8) is 0 Å². The topological polar surface area (TPSA) is 109 Å². The summed E-state index contributed by atoms with van der Waals surface area (Å²) in [5.74, 6) is -0.440. The second-order valence-electron chi connectivity index (χ2n) is 6.19. The van der Waals surface area contributed by atoms with Crippen LogP contribution >= 0.6 is 11.6 Å². The van der Waals surface area contributed by atoms with Crippen LogP contribution in [0.25, 0.3) is 0 Å². The SMILES string of the molecule is COc1ccc(NC(C)=O)cc1NCC(=O)NCC(=O)Nc1cccc(Cl)c1C. The van der Waals surface area contributed by atoms with E-state index in [9.17, 15) is 14.4 Å². The van der Waals surface area contributed by atoms with E-state index in [-0.39, 0.29) is 30.8 Å². The number of rotatable bonds is 8. The quantitative estimate of drug-likeness (QED) is 0.527. The number of halogens is 1. The number of anilines is 3. The fourth-order valence-corrected chi connectivity index (χ4v) is 2.66. The van der Waals surface area contributed by atoms with Crippen LogP contribution in [0.15, 0.2) is 36.4 Å². The zero-order valence-corrected chi connectivity index (χ0v) is 17.1. The van der Waals surface area contributed by atoms with Crippen molar-refractivity contribution in [2.45, 2.75) is 13.8 Å². The van der Waals surface area contributed by atoms with Gasteiger partial charge in [-0.25, -0.2) is 0 Å². The Morgan fingerprint density at radius 2 is 1.76 bits per heavy atom. The Labute approximate surface area is 174 Å². The van der Waals surface area contributed by atoms with Gasteiger partial charge in [-0.05, 0) is 42.8 Å². The first-order valence-electron chi connectivity index (χ1n) is 8.81. The highest BCUT2D eigenvalue weighted by Gasteiger charge is 2.10. The molecule has 4 N–H and O–H groups in total. The number of methoxy groups -OCH3 is 1. The average Bonchev–Trinajstić information content (AvgIpc) is 2.68. The Bertz CT molecular complexity index is 917. The molecular weight excluding hydrogens is 396 g/mol. The zero-order chi connectivity index (χ0) is 21.4. The maximum atomic E-state index is 12.1. The van der Waals surface area contributed by atoms with E-state index in [1.807, 2.05) is 0 Å². The van der Waals surface area contributed by atoms with E-state index in [4.69, 9.17) is 16.3 Å². The molecule has 3 amide bonds. The van der Waals surface area contributed by atoms with E-state index in [0.717, 1.165) is 5.56 Å². The minimum Gasteiger partial charge on any atom is -0.495 e. The molecule has 0 saturated carbocycles. The third-order valence-electron chi connectivity index (χ3n) is 3.95. The molecule has 29 heavy (non-hydrogen) atoms. The van der Waals surface area contributed by atoms with Gasteiger partial charge in [0.1, 0.15) is 5.75 Å². The molecule has 154 valence electrons. The van der Waals surface area contributed by atoms with Crippen LogP contribution in [0.3, 0.4) is 0 Å². The summed E-state index contributed by atoms with van der Waals surface area (Å²) in [6.07, 6.45) is 0. The van der Waals surface area contributed by atoms with Crippen molar-refractivity contribution in [1.29, 1.82) is 0 Å². The number of nitrogens with one attached hydrogen (secondary N) is 4. The van der Waals surface area contributed by atoms with Gasteiger partial charge in [0.05, 0.1) is 25.9 Å². The van der Waals surface area contributed by atoms with Gasteiger partial charge in [0, 0.05) is 23.3 Å². The van der Waals surface area contributed by atoms with E-state index in [2.05, 4.69) is 21.3 Å². The van der Waals surface area contributed by atoms with Crippen molar-refractivity contribution in [2.75, 3.05) is 36.1 Å². The van der Waals surface area contributed by atoms with Gasteiger partial charge in [0.25, 0.3) is 0 Å². The molecule has 2 aromatic rings. The molecule has 0 heterocycles. The Morgan fingerprint density at radius 1 is 1.00 bits per heavy atom. The molecule has 0 aliphatic carbocycles. The molecule has 0 aliphatic heterocycles. The van der Waals surface area contributed by atoms with E-state index in [1.165, 1.54) is 14.0 Å². The third-order valence-corrected chi connectivity index (χ3v) is 4.36. The van der Waals surface area contributed by atoms with Crippen LogP contribution in [-0.4, -0.2) is 37.9 Å². The van der Waals surface area contributed by atoms with Crippen LogP contribution in [0.4, 0.5) is 17.1 Å². The molecule has 0 atom stereocenters. The van der Waals surface area contributed by atoms with E-state index in [1.54, 1.807) is 43.3 Å². The Balaban J connectivity index is 1.87. The fraction of sp³-hybridized carbons (Fsp3) is 0.250. The molecule has 9 heteroatoms. The molecule has 2 aromatic carbocycles. The van der Waals surface area contributed by atoms with Crippen LogP contribution < -0.4 is 26.0 Å². The summed E-state index contributed by atoms with van der Waals surface area (Å²) in [7, 11) is 1.50. The van der Waals surface area contributed by atoms with Crippen molar-refractivity contribution in [2.24, 2.45) is 0 Å². The van der Waals surface area contributed by atoms with Crippen molar-refractivity contribution < 1.29 is 19.1 Å². The first kappa shape index (κ1) is 22.0. The first-order chi connectivity index (χ1) is 13.8. The smallest absolute Gasteiger partial charge is 0.243 e. The minimum atomic E-state index is -0.380. The van der Waals surface area contributed by atoms with Gasteiger partial charge in [0.2, 0.25) is 17.7 Å². The number of hydrogen-bond donors (Lipinski definition) is 4. The van der Waals surface area contributed by atoms with Crippen molar-refractivity contribution in [3.05, 3.63) is 47.0 Å². The first-order valence-corrected chi connectivity index (χ1v) is 9.19. The third kappa shape index (κ3) is 6.69. The summed E-state index contributed by atoms with van der Waals surface area (Å²) < 4.78 is 5.24. The van der Waals surface area contributed by atoms with Gasteiger partial charge in [-0.15, -0.1) is 0 Å². The molecule has 0 aromatic heterocycles. The molecule has 0 saturated heterocycles. The zero-order valence-electron chi connectivity index (χ0n) is 16.4. The Hall–Kier alpha value is -3.26. The van der Waals surface area contributed by atoms with Gasteiger partial charge >= 0.3 is 0 Å². The lowest BCUT2D eigenvalue weighted by molar-refractivity contribution is -0.122. The molecule has 0 aliphatic rings. The summed E-state index contributed by atoms with van der Waals surface area (Å²) in [6.45, 7) is 2.93. The Kier molecular flexibility index (Phi) is 7.85. The highest BCUT2D eigenvalue weighted by atomic mass is 35.5. The second-order valence-corrected chi connectivity index (χ2v) is 6.59. The fourth-order valence-electron chi connectivity index (χ4n) is 2.48. The molecule has 0 radical (unpaired) electrons. The van der Waals surface area contributed by atoms with Crippen molar-refractivity contribution in [1.82, 2.24) is 5.32 Å². The Morgan fingerprint density at radius 3 is 2.45 bits per heavy atom. The number of carbonyl (C=O) groups excluding carboxylic acids is 3. The van der Waals surface area contributed by atoms with E-state index >= 15 is 0 Å². The standard InChI is InChI=1S/C20H23ClN4O4/c1-12-15(21)5-4-6-16(12)25-20(28)11-23-19(27)10-22-17-9-14(24-13(2)26)7-8-18(17)29-3/h4-9,22H,10-11H2,1-3H3,(H,23,27)(H,24,26)(H,25,28). The normalized spacial score (nSPS) is 10.1. The maximum Gasteiger partial charge on any atom is 0.243 e. The van der Waals surface area contributed by atoms with Gasteiger partial charge in [-0.3, -0.25) is 14.4 Å². The van der Waals surface area contributed by atoms with Crippen LogP contribution in [0.1, 0.15) is 12.5 Å². The van der Waals surface area contributed by atoms with Gasteiger partial charge in [-0.2, -0.15) is 0 Å². The molecule has 2 rings (SSSR count). The lowest BCUT2D eigenvalue weighted by Crippen LogP contribution is -2.36. The summed E-state index contributed by atoms with van der Waals surface area (Å²) in [5, 5.41) is 11.4. The molecule has 0 unspecified atom stereocenters. The highest BCUT2D eigenvalue weighted by Crippen LogP contribution is 2.27. The van der Waals surface area contributed by atoms with Gasteiger partial charge < -0.3 is 26.0 Å². The molecule has 0 spiro atoms. The monoisotopic (exact) mass is 418 g/mol. The molecular formula is C20H23ClN4O4. The number of ether oxygens (including phenoxy) is 1. The number of carbonyl (C=O) groups is 3. The number of hydrogen-bond acceptors (Lipinski definition) is 5. The lowest BCUT2D eigenvalue weighted by Gasteiger charge is -2.13. The highest BCUT2D eigenvalue weighted by molar-refractivity contribution is 6.31.